The second-order valence-corrected chi connectivity index (χ2v) is 16.3. The number of amidine groups is 2. The third kappa shape index (κ3) is 5.29. The van der Waals surface area contributed by atoms with Crippen LogP contribution in [-0.4, -0.2) is 20.8 Å². The fourth-order valence-corrected chi connectivity index (χ4v) is 9.56. The molecule has 0 saturated heterocycles. The first-order valence-corrected chi connectivity index (χ1v) is 20.1. The molecule has 0 spiro atoms. The van der Waals surface area contributed by atoms with E-state index in [0.29, 0.717) is 5.92 Å². The van der Waals surface area contributed by atoms with Gasteiger partial charge in [-0.3, -0.25) is 0 Å². The van der Waals surface area contributed by atoms with Crippen LogP contribution >= 0.6 is 0 Å². The number of allylic oxidation sites excluding steroid dienone is 5. The van der Waals surface area contributed by atoms with Crippen molar-refractivity contribution in [1.29, 1.82) is 0 Å². The van der Waals surface area contributed by atoms with Gasteiger partial charge in [0.25, 0.3) is 0 Å². The third-order valence-electron chi connectivity index (χ3n) is 12.5. The Morgan fingerprint density at radius 2 is 1.37 bits per heavy atom. The van der Waals surface area contributed by atoms with E-state index < -0.39 is 5.66 Å². The highest BCUT2D eigenvalue weighted by Gasteiger charge is 2.33. The second kappa shape index (κ2) is 12.7. The highest BCUT2D eigenvalue weighted by Crippen LogP contribution is 2.45. The molecule has 0 bridgehead atoms. The van der Waals surface area contributed by atoms with E-state index in [1.165, 1.54) is 54.7 Å². The number of benzene rings is 6. The molecule has 57 heavy (non-hydrogen) atoms. The van der Waals surface area contributed by atoms with Gasteiger partial charge < -0.3 is 14.5 Å². The smallest absolute Gasteiger partial charge is 0.177 e. The van der Waals surface area contributed by atoms with E-state index in [1.807, 2.05) is 6.07 Å². The number of nitrogens with one attached hydrogen (secondary N) is 1. The zero-order valence-electron chi connectivity index (χ0n) is 32.4. The molecule has 3 atom stereocenters. The SMILES string of the molecule is CC1CC=Cc2c1n(-c1ccc(C3(C)N=C(c4ccccc4)NC(c4ccc5ccccc5c4)=N3)cc1)c1cc3c4ccccc4n(C4(C)C=CC=CC4)c3cc21. The summed E-state index contributed by atoms with van der Waals surface area (Å²) in [5.74, 6) is 1.99. The Bertz CT molecular complexity index is 3080. The molecule has 0 amide bonds. The summed E-state index contributed by atoms with van der Waals surface area (Å²) in [6, 6.07) is 48.2. The highest BCUT2D eigenvalue weighted by molar-refractivity contribution is 6.17. The number of rotatable bonds is 5. The van der Waals surface area contributed by atoms with Crippen molar-refractivity contribution in [3.8, 4) is 5.69 Å². The fraction of sp³-hybridized carbons (Fsp3) is 0.154. The largest absolute Gasteiger partial charge is 0.331 e. The van der Waals surface area contributed by atoms with Gasteiger partial charge in [0, 0.05) is 61.2 Å². The molecule has 5 nitrogen and oxygen atoms in total. The van der Waals surface area contributed by atoms with Crippen LogP contribution in [0.4, 0.5) is 0 Å². The minimum Gasteiger partial charge on any atom is -0.331 e. The summed E-state index contributed by atoms with van der Waals surface area (Å²) >= 11 is 0. The van der Waals surface area contributed by atoms with Crippen LogP contribution < -0.4 is 5.32 Å². The summed E-state index contributed by atoms with van der Waals surface area (Å²) in [7, 11) is 0. The lowest BCUT2D eigenvalue weighted by Gasteiger charge is -2.31. The number of hydrogen-bond donors (Lipinski definition) is 1. The molecule has 11 rings (SSSR count). The first kappa shape index (κ1) is 33.6. The van der Waals surface area contributed by atoms with E-state index in [0.717, 1.165) is 46.9 Å². The van der Waals surface area contributed by atoms with Gasteiger partial charge in [-0.1, -0.05) is 140 Å². The van der Waals surface area contributed by atoms with Crippen molar-refractivity contribution >= 4 is 61.2 Å². The summed E-state index contributed by atoms with van der Waals surface area (Å²) in [4.78, 5) is 10.7. The predicted molar refractivity (Wildman–Crippen MR) is 239 cm³/mol. The Balaban J connectivity index is 1.08. The van der Waals surface area contributed by atoms with E-state index in [9.17, 15) is 0 Å². The monoisotopic (exact) mass is 737 g/mol. The number of aliphatic imine (C=N–C) groups is 2. The van der Waals surface area contributed by atoms with Crippen LogP contribution in [0.5, 0.6) is 0 Å². The van der Waals surface area contributed by atoms with E-state index in [2.05, 4.69) is 199 Å². The van der Waals surface area contributed by atoms with E-state index in [-0.39, 0.29) is 5.54 Å². The minimum atomic E-state index is -0.850. The number of fused-ring (bicyclic) bond motifs is 7. The van der Waals surface area contributed by atoms with Crippen LogP contribution in [0, 0.1) is 0 Å². The number of nitrogens with zero attached hydrogens (tertiary/aromatic N) is 4. The Hall–Kier alpha value is -6.72. The summed E-state index contributed by atoms with van der Waals surface area (Å²) < 4.78 is 5.09. The summed E-state index contributed by atoms with van der Waals surface area (Å²) in [6.07, 6.45) is 15.7. The van der Waals surface area contributed by atoms with Crippen LogP contribution in [0.1, 0.15) is 67.5 Å². The van der Waals surface area contributed by atoms with Gasteiger partial charge in [0.05, 0.1) is 16.6 Å². The van der Waals surface area contributed by atoms with Crippen molar-refractivity contribution in [3.63, 3.8) is 0 Å². The van der Waals surface area contributed by atoms with Gasteiger partial charge in [0.15, 0.2) is 5.66 Å². The van der Waals surface area contributed by atoms with Crippen LogP contribution in [0.15, 0.2) is 174 Å². The Morgan fingerprint density at radius 3 is 2.18 bits per heavy atom. The van der Waals surface area contributed by atoms with Gasteiger partial charge in [-0.25, -0.2) is 9.98 Å². The predicted octanol–water partition coefficient (Wildman–Crippen LogP) is 12.3. The molecule has 2 aromatic heterocycles. The topological polar surface area (TPSA) is 46.6 Å². The van der Waals surface area contributed by atoms with E-state index in [1.54, 1.807) is 0 Å². The maximum atomic E-state index is 5.36. The average molecular weight is 738 g/mol. The molecule has 8 aromatic rings. The third-order valence-corrected chi connectivity index (χ3v) is 12.5. The molecule has 6 aromatic carbocycles. The normalized spacial score (nSPS) is 21.6. The lowest BCUT2D eigenvalue weighted by atomic mass is 9.92. The van der Waals surface area contributed by atoms with Gasteiger partial charge in [0.1, 0.15) is 11.7 Å². The first-order valence-electron chi connectivity index (χ1n) is 20.1. The van der Waals surface area contributed by atoms with Crippen molar-refractivity contribution in [2.24, 2.45) is 9.98 Å². The maximum Gasteiger partial charge on any atom is 0.177 e. The van der Waals surface area contributed by atoms with E-state index in [4.69, 9.17) is 9.98 Å². The first-order chi connectivity index (χ1) is 27.9. The Morgan fingerprint density at radius 1 is 0.632 bits per heavy atom. The van der Waals surface area contributed by atoms with E-state index >= 15 is 0 Å². The lowest BCUT2D eigenvalue weighted by Crippen LogP contribution is -2.40. The van der Waals surface area contributed by atoms with Crippen molar-refractivity contribution < 1.29 is 0 Å². The number of para-hydroxylation sites is 1. The van der Waals surface area contributed by atoms with Crippen LogP contribution in [0.2, 0.25) is 0 Å². The van der Waals surface area contributed by atoms with Gasteiger partial charge in [-0.05, 0) is 73.9 Å². The molecule has 1 N–H and O–H groups in total. The van der Waals surface area contributed by atoms with Gasteiger partial charge in [0.2, 0.25) is 0 Å². The molecule has 0 saturated carbocycles. The zero-order chi connectivity index (χ0) is 38.3. The molecule has 276 valence electrons. The molecule has 0 radical (unpaired) electrons. The molecule has 5 heteroatoms. The highest BCUT2D eigenvalue weighted by atomic mass is 15.2. The van der Waals surface area contributed by atoms with Crippen LogP contribution in [0.25, 0.3) is 55.2 Å². The summed E-state index contributed by atoms with van der Waals surface area (Å²) in [5.41, 5.74) is 9.70. The van der Waals surface area contributed by atoms with Crippen molar-refractivity contribution in [3.05, 3.63) is 192 Å². The molecule has 3 aliphatic rings. The summed E-state index contributed by atoms with van der Waals surface area (Å²) in [6.45, 7) is 6.84. The lowest BCUT2D eigenvalue weighted by molar-refractivity contribution is 0.438. The average Bonchev–Trinajstić information content (AvgIpc) is 3.76. The van der Waals surface area contributed by atoms with Crippen molar-refractivity contribution in [2.75, 3.05) is 0 Å². The molecule has 3 unspecified atom stereocenters. The molecular weight excluding hydrogens is 695 g/mol. The number of hydrogen-bond acceptors (Lipinski definition) is 3. The molecular formula is C52H43N5. The van der Waals surface area contributed by atoms with Crippen molar-refractivity contribution in [1.82, 2.24) is 14.5 Å². The Labute approximate surface area is 332 Å². The molecule has 3 heterocycles. The zero-order valence-corrected chi connectivity index (χ0v) is 32.4. The standard InChI is InChI=1S/C52H43N5/c1-34-15-14-21-42-44-33-47-43(41-20-10-11-22-45(41)57(47)51(2)29-12-5-13-30-51)32-46(44)56(48(34)42)40-27-25-39(26-28-40)52(3)54-49(36-17-6-4-7-18-36)53-50(55-52)38-24-23-35-16-8-9-19-37(35)31-38/h4-14,16-29,31-34H,15,30H2,1-3H3,(H,53,54,55). The van der Waals surface area contributed by atoms with Crippen LogP contribution in [-0.2, 0) is 11.2 Å². The second-order valence-electron chi connectivity index (χ2n) is 16.3. The number of aromatic nitrogens is 2. The minimum absolute atomic E-state index is 0.157. The van der Waals surface area contributed by atoms with Gasteiger partial charge in [-0.15, -0.1) is 0 Å². The quantitative estimate of drug-likeness (QED) is 0.188. The Kier molecular flexibility index (Phi) is 7.46. The van der Waals surface area contributed by atoms with Crippen molar-refractivity contribution in [2.45, 2.75) is 50.7 Å². The summed E-state index contributed by atoms with van der Waals surface area (Å²) in [5, 5.41) is 9.85. The van der Waals surface area contributed by atoms with Gasteiger partial charge in [-0.2, -0.15) is 0 Å². The maximum absolute atomic E-state index is 5.36. The fourth-order valence-electron chi connectivity index (χ4n) is 9.56. The van der Waals surface area contributed by atoms with Gasteiger partial charge >= 0.3 is 0 Å². The molecule has 1 aliphatic heterocycles. The molecule has 0 fully saturated rings. The van der Waals surface area contributed by atoms with Crippen LogP contribution in [0.3, 0.4) is 0 Å². The molecule has 2 aliphatic carbocycles.